The third-order valence-corrected chi connectivity index (χ3v) is 3.35. The van der Waals surface area contributed by atoms with Gasteiger partial charge in [-0.25, -0.2) is 4.98 Å². The number of nitrogens with zero attached hydrogens (tertiary/aromatic N) is 4. The van der Waals surface area contributed by atoms with Crippen molar-refractivity contribution < 1.29 is 0 Å². The van der Waals surface area contributed by atoms with Gasteiger partial charge in [-0.1, -0.05) is 11.6 Å². The van der Waals surface area contributed by atoms with Gasteiger partial charge in [-0.15, -0.1) is 0 Å². The molecule has 0 amide bonds. The van der Waals surface area contributed by atoms with E-state index in [9.17, 15) is 0 Å². The first-order valence-corrected chi connectivity index (χ1v) is 6.16. The SMILES string of the molecule is Cn1nc2c(c1-c1cncc(Cl)n1)CCCC2. The molecule has 0 N–H and O–H groups in total. The summed E-state index contributed by atoms with van der Waals surface area (Å²) in [4.78, 5) is 8.42. The highest BCUT2D eigenvalue weighted by molar-refractivity contribution is 6.29. The maximum Gasteiger partial charge on any atom is 0.148 e. The molecule has 3 rings (SSSR count). The van der Waals surface area contributed by atoms with Crippen molar-refractivity contribution >= 4 is 11.6 Å². The summed E-state index contributed by atoms with van der Waals surface area (Å²) in [5.41, 5.74) is 4.40. The molecule has 0 atom stereocenters. The van der Waals surface area contributed by atoms with Crippen molar-refractivity contribution in [1.82, 2.24) is 19.7 Å². The van der Waals surface area contributed by atoms with Crippen LogP contribution in [-0.4, -0.2) is 19.7 Å². The number of aryl methyl sites for hydroxylation is 2. The van der Waals surface area contributed by atoms with Crippen molar-refractivity contribution in [2.24, 2.45) is 7.05 Å². The van der Waals surface area contributed by atoms with E-state index in [1.807, 2.05) is 11.7 Å². The fourth-order valence-corrected chi connectivity index (χ4v) is 2.61. The average Bonchev–Trinajstić information content (AvgIpc) is 2.64. The van der Waals surface area contributed by atoms with Gasteiger partial charge in [-0.05, 0) is 25.7 Å². The Labute approximate surface area is 105 Å². The van der Waals surface area contributed by atoms with Crippen LogP contribution in [0.3, 0.4) is 0 Å². The summed E-state index contributed by atoms with van der Waals surface area (Å²) in [6, 6.07) is 0. The minimum Gasteiger partial charge on any atom is -0.266 e. The third kappa shape index (κ3) is 1.82. The van der Waals surface area contributed by atoms with Crippen LogP contribution in [0.1, 0.15) is 24.1 Å². The van der Waals surface area contributed by atoms with E-state index in [0.29, 0.717) is 5.15 Å². The highest BCUT2D eigenvalue weighted by atomic mass is 35.5. The molecule has 1 aliphatic rings. The molecule has 0 aromatic carbocycles. The lowest BCUT2D eigenvalue weighted by atomic mass is 9.95. The first-order chi connectivity index (χ1) is 8.25. The monoisotopic (exact) mass is 248 g/mol. The summed E-state index contributed by atoms with van der Waals surface area (Å²) in [7, 11) is 1.95. The Hall–Kier alpha value is -1.42. The lowest BCUT2D eigenvalue weighted by Crippen LogP contribution is -2.01. The lowest BCUT2D eigenvalue weighted by Gasteiger charge is -2.10. The zero-order chi connectivity index (χ0) is 11.8. The first-order valence-electron chi connectivity index (χ1n) is 5.78. The molecule has 2 aromatic heterocycles. The number of fused-ring (bicyclic) bond motifs is 1. The highest BCUT2D eigenvalue weighted by Gasteiger charge is 2.21. The smallest absolute Gasteiger partial charge is 0.148 e. The molecular weight excluding hydrogens is 236 g/mol. The van der Waals surface area contributed by atoms with Gasteiger partial charge in [0.2, 0.25) is 0 Å². The van der Waals surface area contributed by atoms with Crippen LogP contribution >= 0.6 is 11.6 Å². The largest absolute Gasteiger partial charge is 0.266 e. The topological polar surface area (TPSA) is 43.6 Å². The van der Waals surface area contributed by atoms with E-state index in [4.69, 9.17) is 11.6 Å². The summed E-state index contributed by atoms with van der Waals surface area (Å²) in [5.74, 6) is 0. The van der Waals surface area contributed by atoms with Gasteiger partial charge in [0, 0.05) is 12.6 Å². The zero-order valence-corrected chi connectivity index (χ0v) is 10.4. The van der Waals surface area contributed by atoms with Gasteiger partial charge in [-0.3, -0.25) is 9.67 Å². The number of aromatic nitrogens is 4. The van der Waals surface area contributed by atoms with E-state index < -0.39 is 0 Å². The van der Waals surface area contributed by atoms with Crippen molar-refractivity contribution in [3.63, 3.8) is 0 Å². The molecule has 0 fully saturated rings. The van der Waals surface area contributed by atoms with Crippen LogP contribution in [0.5, 0.6) is 0 Å². The quantitative estimate of drug-likeness (QED) is 0.779. The van der Waals surface area contributed by atoms with Crippen molar-refractivity contribution in [3.05, 3.63) is 28.8 Å². The normalized spacial score (nSPS) is 14.7. The van der Waals surface area contributed by atoms with Crippen molar-refractivity contribution in [1.29, 1.82) is 0 Å². The molecule has 0 bridgehead atoms. The fourth-order valence-electron chi connectivity index (χ4n) is 2.46. The van der Waals surface area contributed by atoms with Crippen LogP contribution in [0.15, 0.2) is 12.4 Å². The molecule has 0 unspecified atom stereocenters. The summed E-state index contributed by atoms with van der Waals surface area (Å²) in [5, 5.41) is 4.99. The predicted octanol–water partition coefficient (Wildman–Crippen LogP) is 2.41. The van der Waals surface area contributed by atoms with Crippen LogP contribution < -0.4 is 0 Å². The predicted molar refractivity (Wildman–Crippen MR) is 65.9 cm³/mol. The van der Waals surface area contributed by atoms with Gasteiger partial charge in [0.25, 0.3) is 0 Å². The Morgan fingerprint density at radius 2 is 2.06 bits per heavy atom. The zero-order valence-electron chi connectivity index (χ0n) is 9.65. The van der Waals surface area contributed by atoms with E-state index in [1.54, 1.807) is 12.4 Å². The molecule has 88 valence electrons. The van der Waals surface area contributed by atoms with E-state index in [2.05, 4.69) is 15.1 Å². The molecule has 2 aromatic rings. The average molecular weight is 249 g/mol. The number of hydrogen-bond donors (Lipinski definition) is 0. The Morgan fingerprint density at radius 3 is 2.88 bits per heavy atom. The first kappa shape index (κ1) is 10.7. The summed E-state index contributed by atoms with van der Waals surface area (Å²) in [6.07, 6.45) is 7.89. The minimum absolute atomic E-state index is 0.424. The lowest BCUT2D eigenvalue weighted by molar-refractivity contribution is 0.664. The summed E-state index contributed by atoms with van der Waals surface area (Å²) in [6.45, 7) is 0. The fraction of sp³-hybridized carbons (Fsp3) is 0.417. The van der Waals surface area contributed by atoms with E-state index in [0.717, 1.165) is 24.2 Å². The van der Waals surface area contributed by atoms with Crippen molar-refractivity contribution in [2.75, 3.05) is 0 Å². The van der Waals surface area contributed by atoms with Gasteiger partial charge in [0.1, 0.15) is 10.8 Å². The van der Waals surface area contributed by atoms with Gasteiger partial charge >= 0.3 is 0 Å². The molecule has 4 nitrogen and oxygen atoms in total. The molecule has 5 heteroatoms. The minimum atomic E-state index is 0.424. The molecule has 2 heterocycles. The maximum absolute atomic E-state index is 5.89. The summed E-state index contributed by atoms with van der Waals surface area (Å²) >= 11 is 5.89. The molecule has 0 saturated heterocycles. The Bertz CT molecular complexity index is 562. The second kappa shape index (κ2) is 4.11. The highest BCUT2D eigenvalue weighted by Crippen LogP contribution is 2.30. The van der Waals surface area contributed by atoms with Gasteiger partial charge in [0.05, 0.1) is 23.8 Å². The van der Waals surface area contributed by atoms with Crippen LogP contribution in [0, 0.1) is 0 Å². The van der Waals surface area contributed by atoms with Crippen LogP contribution in [0.25, 0.3) is 11.4 Å². The maximum atomic E-state index is 5.89. The number of rotatable bonds is 1. The number of halogens is 1. The van der Waals surface area contributed by atoms with Gasteiger partial charge < -0.3 is 0 Å². The van der Waals surface area contributed by atoms with Crippen molar-refractivity contribution in [3.8, 4) is 11.4 Å². The Kier molecular flexibility index (Phi) is 2.59. The number of hydrogen-bond acceptors (Lipinski definition) is 3. The molecule has 0 saturated carbocycles. The second-order valence-corrected chi connectivity index (χ2v) is 4.72. The summed E-state index contributed by atoms with van der Waals surface area (Å²) < 4.78 is 1.90. The molecule has 0 aliphatic heterocycles. The second-order valence-electron chi connectivity index (χ2n) is 4.33. The van der Waals surface area contributed by atoms with Gasteiger partial charge in [-0.2, -0.15) is 5.10 Å². The molecule has 1 aliphatic carbocycles. The van der Waals surface area contributed by atoms with Crippen LogP contribution in [0.4, 0.5) is 0 Å². The Morgan fingerprint density at radius 1 is 1.24 bits per heavy atom. The van der Waals surface area contributed by atoms with E-state index >= 15 is 0 Å². The molecule has 0 spiro atoms. The molecule has 17 heavy (non-hydrogen) atoms. The van der Waals surface area contributed by atoms with Gasteiger partial charge in [0.15, 0.2) is 0 Å². The third-order valence-electron chi connectivity index (χ3n) is 3.17. The molecule has 0 radical (unpaired) electrons. The molecular formula is C12H13ClN4. The van der Waals surface area contributed by atoms with Crippen LogP contribution in [-0.2, 0) is 19.9 Å². The van der Waals surface area contributed by atoms with Crippen LogP contribution in [0.2, 0.25) is 5.15 Å². The van der Waals surface area contributed by atoms with Crippen molar-refractivity contribution in [2.45, 2.75) is 25.7 Å². The van der Waals surface area contributed by atoms with E-state index in [-0.39, 0.29) is 0 Å². The Balaban J connectivity index is 2.17. The standard InChI is InChI=1S/C12H13ClN4/c1-17-12(10-6-14-7-11(13)15-10)8-4-2-3-5-9(8)16-17/h6-7H,2-5H2,1H3. The van der Waals surface area contributed by atoms with E-state index in [1.165, 1.54) is 24.1 Å².